The molecular formula is C5H11N7O2S. The monoisotopic (exact) mass is 233 g/mol. The molecule has 0 aliphatic heterocycles. The van der Waals surface area contributed by atoms with Crippen molar-refractivity contribution in [3.8, 4) is 0 Å². The molecule has 0 unspecified atom stereocenters. The van der Waals surface area contributed by atoms with E-state index in [2.05, 4.69) is 20.1 Å². The molecule has 0 aliphatic rings. The Morgan fingerprint density at radius 3 is 1.80 bits per heavy atom. The van der Waals surface area contributed by atoms with Crippen LogP contribution in [0.1, 0.15) is 0 Å². The van der Waals surface area contributed by atoms with Gasteiger partial charge in [0.2, 0.25) is 10.0 Å². The number of rotatable bonds is 7. The molecule has 0 saturated carbocycles. The Kier molecular flexibility index (Phi) is 6.23. The molecule has 0 aromatic heterocycles. The smallest absolute Gasteiger partial charge is 0.211 e. The highest BCUT2D eigenvalue weighted by Crippen LogP contribution is 1.97. The first kappa shape index (κ1) is 13.5. The minimum Gasteiger partial charge on any atom is -0.213 e. The third-order valence-electron chi connectivity index (χ3n) is 1.49. The topological polar surface area (TPSA) is 135 Å². The van der Waals surface area contributed by atoms with Gasteiger partial charge < -0.3 is 0 Å². The minimum atomic E-state index is -3.36. The van der Waals surface area contributed by atoms with Gasteiger partial charge in [-0.1, -0.05) is 10.2 Å². The summed E-state index contributed by atoms with van der Waals surface area (Å²) in [7, 11) is -3.36. The normalized spacial score (nSPS) is 10.5. The van der Waals surface area contributed by atoms with Crippen molar-refractivity contribution >= 4 is 10.0 Å². The summed E-state index contributed by atoms with van der Waals surface area (Å²) < 4.78 is 23.4. The van der Waals surface area contributed by atoms with Gasteiger partial charge in [-0.2, -0.15) is 0 Å². The Morgan fingerprint density at radius 1 is 1.13 bits per heavy atom. The van der Waals surface area contributed by atoms with E-state index in [1.165, 1.54) is 0 Å². The molecule has 0 rings (SSSR count). The second-order valence-electron chi connectivity index (χ2n) is 2.57. The van der Waals surface area contributed by atoms with E-state index < -0.39 is 10.0 Å². The average molecular weight is 233 g/mol. The molecule has 0 heterocycles. The van der Waals surface area contributed by atoms with Crippen LogP contribution in [0.25, 0.3) is 20.9 Å². The van der Waals surface area contributed by atoms with Crippen molar-refractivity contribution in [1.82, 2.24) is 4.31 Å². The number of hydrogen-bond acceptors (Lipinski definition) is 4. The molecule has 0 amide bonds. The average Bonchev–Trinajstić information content (AvgIpc) is 2.14. The lowest BCUT2D eigenvalue weighted by Crippen LogP contribution is -2.34. The molecule has 9 nitrogen and oxygen atoms in total. The number of hydrogen-bond donors (Lipinski definition) is 0. The summed E-state index contributed by atoms with van der Waals surface area (Å²) >= 11 is 0. The molecule has 0 fully saturated rings. The number of nitrogens with zero attached hydrogens (tertiary/aromatic N) is 7. The first-order valence-corrected chi connectivity index (χ1v) is 5.84. The second-order valence-corrected chi connectivity index (χ2v) is 4.55. The summed E-state index contributed by atoms with van der Waals surface area (Å²) in [5.74, 6) is 0. The van der Waals surface area contributed by atoms with Crippen molar-refractivity contribution in [2.45, 2.75) is 0 Å². The molecule has 0 aromatic rings. The fourth-order valence-corrected chi connectivity index (χ4v) is 1.67. The summed E-state index contributed by atoms with van der Waals surface area (Å²) in [4.78, 5) is 5.02. The van der Waals surface area contributed by atoms with E-state index >= 15 is 0 Å². The lowest BCUT2D eigenvalue weighted by molar-refractivity contribution is 0.430. The van der Waals surface area contributed by atoms with Gasteiger partial charge in [0.05, 0.1) is 6.26 Å². The van der Waals surface area contributed by atoms with Gasteiger partial charge in [0.25, 0.3) is 0 Å². The Morgan fingerprint density at radius 2 is 1.53 bits per heavy atom. The summed E-state index contributed by atoms with van der Waals surface area (Å²) in [6.07, 6.45) is 1.04. The molecule has 0 spiro atoms. The van der Waals surface area contributed by atoms with Crippen LogP contribution in [0, 0.1) is 0 Å². The molecule has 0 radical (unpaired) electrons. The first-order chi connectivity index (χ1) is 7.02. The molecule has 0 atom stereocenters. The first-order valence-electron chi connectivity index (χ1n) is 3.99. The Labute approximate surface area is 87.0 Å². The quantitative estimate of drug-likeness (QED) is 0.366. The van der Waals surface area contributed by atoms with Gasteiger partial charge >= 0.3 is 0 Å². The van der Waals surface area contributed by atoms with Crippen molar-refractivity contribution in [2.24, 2.45) is 10.2 Å². The van der Waals surface area contributed by atoms with Gasteiger partial charge in [-0.3, -0.25) is 0 Å². The number of sulfonamides is 1. The van der Waals surface area contributed by atoms with Gasteiger partial charge in [0.1, 0.15) is 0 Å². The Balaban J connectivity index is 4.32. The van der Waals surface area contributed by atoms with Crippen LogP contribution in [0.5, 0.6) is 0 Å². The van der Waals surface area contributed by atoms with Gasteiger partial charge in [0, 0.05) is 36.0 Å². The molecule has 15 heavy (non-hydrogen) atoms. The Bertz CT molecular complexity index is 356. The van der Waals surface area contributed by atoms with Crippen LogP contribution in [-0.2, 0) is 10.0 Å². The van der Waals surface area contributed by atoms with E-state index in [1.807, 2.05) is 0 Å². The molecule has 84 valence electrons. The lowest BCUT2D eigenvalue weighted by Gasteiger charge is -2.17. The molecule has 10 heteroatoms. The third kappa shape index (κ3) is 6.58. The molecule has 0 aliphatic carbocycles. The van der Waals surface area contributed by atoms with E-state index in [4.69, 9.17) is 11.1 Å². The van der Waals surface area contributed by atoms with Crippen LogP contribution < -0.4 is 0 Å². The predicted octanol–water partition coefficient (Wildman–Crippen LogP) is 0.869. The van der Waals surface area contributed by atoms with Crippen molar-refractivity contribution in [3.05, 3.63) is 20.9 Å². The van der Waals surface area contributed by atoms with Crippen molar-refractivity contribution in [2.75, 3.05) is 32.4 Å². The molecule has 0 saturated heterocycles. The molecule has 0 N–H and O–H groups in total. The largest absolute Gasteiger partial charge is 0.213 e. The van der Waals surface area contributed by atoms with E-state index in [9.17, 15) is 8.42 Å². The maximum Gasteiger partial charge on any atom is 0.211 e. The second kappa shape index (κ2) is 6.91. The maximum absolute atomic E-state index is 11.2. The van der Waals surface area contributed by atoms with Crippen LogP contribution in [-0.4, -0.2) is 45.2 Å². The van der Waals surface area contributed by atoms with Crippen molar-refractivity contribution < 1.29 is 8.42 Å². The van der Waals surface area contributed by atoms with E-state index in [0.717, 1.165) is 10.6 Å². The molecule has 0 aromatic carbocycles. The fraction of sp³-hybridized carbons (Fsp3) is 1.00. The zero-order valence-electron chi connectivity index (χ0n) is 8.18. The Hall–Kier alpha value is -1.47. The molecule has 0 bridgehead atoms. The summed E-state index contributed by atoms with van der Waals surface area (Å²) in [5.41, 5.74) is 16.0. The van der Waals surface area contributed by atoms with E-state index in [-0.39, 0.29) is 26.2 Å². The van der Waals surface area contributed by atoms with Crippen LogP contribution >= 0.6 is 0 Å². The lowest BCUT2D eigenvalue weighted by atomic mass is 10.6. The van der Waals surface area contributed by atoms with Gasteiger partial charge in [-0.05, 0) is 11.1 Å². The van der Waals surface area contributed by atoms with Gasteiger partial charge in [-0.15, -0.1) is 0 Å². The number of azide groups is 2. The molecular weight excluding hydrogens is 222 g/mol. The van der Waals surface area contributed by atoms with Crippen LogP contribution in [0.15, 0.2) is 10.2 Å². The maximum atomic E-state index is 11.2. The highest BCUT2D eigenvalue weighted by Gasteiger charge is 2.14. The predicted molar refractivity (Wildman–Crippen MR) is 54.4 cm³/mol. The summed E-state index contributed by atoms with van der Waals surface area (Å²) in [6, 6.07) is 0. The van der Waals surface area contributed by atoms with Crippen molar-refractivity contribution in [1.29, 1.82) is 0 Å². The van der Waals surface area contributed by atoms with Crippen molar-refractivity contribution in [3.63, 3.8) is 0 Å². The van der Waals surface area contributed by atoms with Crippen LogP contribution in [0.2, 0.25) is 0 Å². The standard InChI is InChI=1S/C5H11N7O2S/c1-15(13,14)12(4-2-8-10-6)5-3-9-11-7/h2-5H2,1H3. The third-order valence-corrected chi connectivity index (χ3v) is 2.80. The highest BCUT2D eigenvalue weighted by molar-refractivity contribution is 7.88. The summed E-state index contributed by atoms with van der Waals surface area (Å²) in [5, 5.41) is 6.45. The van der Waals surface area contributed by atoms with Gasteiger partial charge in [-0.25, -0.2) is 12.7 Å². The zero-order valence-corrected chi connectivity index (χ0v) is 9.00. The summed E-state index contributed by atoms with van der Waals surface area (Å²) in [6.45, 7) is 0.285. The highest BCUT2D eigenvalue weighted by atomic mass is 32.2. The van der Waals surface area contributed by atoms with Crippen LogP contribution in [0.3, 0.4) is 0 Å². The van der Waals surface area contributed by atoms with E-state index in [1.54, 1.807) is 0 Å². The van der Waals surface area contributed by atoms with E-state index in [0.29, 0.717) is 0 Å². The van der Waals surface area contributed by atoms with Crippen LogP contribution in [0.4, 0.5) is 0 Å². The fourth-order valence-electron chi connectivity index (χ4n) is 0.845. The zero-order chi connectivity index (χ0) is 11.7. The SMILES string of the molecule is CS(=O)(=O)N(CCN=[N+]=[N-])CCN=[N+]=[N-]. The minimum absolute atomic E-state index is 0.0554. The van der Waals surface area contributed by atoms with Gasteiger partial charge in [0.15, 0.2) is 0 Å².